The highest BCUT2D eigenvalue weighted by molar-refractivity contribution is 7.99. The normalized spacial score (nSPS) is 13.3. The first-order valence-electron chi connectivity index (χ1n) is 21.5. The number of amides is 1. The molecule has 9 heteroatoms. The van der Waals surface area contributed by atoms with Crippen LogP contribution in [0.15, 0.2) is 0 Å². The Morgan fingerprint density at radius 3 is 1.39 bits per heavy atom. The topological polar surface area (TPSA) is 120 Å². The fourth-order valence-electron chi connectivity index (χ4n) is 6.31. The van der Waals surface area contributed by atoms with Crippen molar-refractivity contribution in [2.24, 2.45) is 5.73 Å². The molecule has 0 aromatic carbocycles. The molecule has 0 spiro atoms. The maximum Gasteiger partial charge on any atom is 0.330 e. The quantitative estimate of drug-likeness (QED) is 0.0418. The maximum atomic E-state index is 12.5. The first kappa shape index (κ1) is 50.1. The molecule has 0 saturated carbocycles. The number of nitrogens with two attached hydrogens (primary N) is 1. The van der Waals surface area contributed by atoms with E-state index in [1.54, 1.807) is 11.8 Å². The van der Waals surface area contributed by atoms with Gasteiger partial charge >= 0.3 is 5.97 Å². The molecule has 0 aromatic heterocycles. The van der Waals surface area contributed by atoms with E-state index in [0.29, 0.717) is 18.1 Å². The van der Waals surface area contributed by atoms with E-state index < -0.39 is 30.6 Å². The Kier molecular flexibility index (Phi) is 39.6. The second-order valence-corrected chi connectivity index (χ2v) is 15.7. The number of ether oxygens (including phenoxy) is 3. The number of hydrogen-bond acceptors (Lipinski definition) is 8. The molecule has 8 nitrogen and oxygen atoms in total. The van der Waals surface area contributed by atoms with Crippen LogP contribution in [0, 0.1) is 0 Å². The minimum Gasteiger partial charge on any atom is -0.467 e. The van der Waals surface area contributed by atoms with Gasteiger partial charge in [0.05, 0.1) is 32.5 Å². The zero-order valence-corrected chi connectivity index (χ0v) is 34.6. The van der Waals surface area contributed by atoms with Gasteiger partial charge in [-0.05, 0) is 12.8 Å². The molecular formula is C42H84N2O6S. The van der Waals surface area contributed by atoms with Crippen LogP contribution in [0.25, 0.3) is 0 Å². The van der Waals surface area contributed by atoms with Crippen molar-refractivity contribution in [2.45, 2.75) is 212 Å². The van der Waals surface area contributed by atoms with Gasteiger partial charge in [-0.25, -0.2) is 4.79 Å². The SMILES string of the molecule is CCCCCCCCCCCCCCCCOC[C@H](CSC[C@H](N)C(=O)N[C@@H](CO)C(=O)OC)OCCCCCCCCCCCCCCCC. The van der Waals surface area contributed by atoms with Crippen molar-refractivity contribution >= 4 is 23.6 Å². The zero-order chi connectivity index (χ0) is 37.5. The van der Waals surface area contributed by atoms with E-state index in [-0.39, 0.29) is 6.10 Å². The lowest BCUT2D eigenvalue weighted by Crippen LogP contribution is -2.51. The predicted octanol–water partition coefficient (Wildman–Crippen LogP) is 10.1. The molecule has 4 N–H and O–H groups in total. The van der Waals surface area contributed by atoms with Crippen molar-refractivity contribution in [1.29, 1.82) is 0 Å². The third-order valence-electron chi connectivity index (χ3n) is 9.72. The first-order chi connectivity index (χ1) is 25.0. The summed E-state index contributed by atoms with van der Waals surface area (Å²) in [6.07, 6.45) is 37.4. The number of hydrogen-bond donors (Lipinski definition) is 3. The van der Waals surface area contributed by atoms with Crippen molar-refractivity contribution in [2.75, 3.05) is 45.0 Å². The molecule has 0 aliphatic carbocycles. The molecule has 0 bridgehead atoms. The number of carbonyl (C=O) groups excluding carboxylic acids is 2. The van der Waals surface area contributed by atoms with Crippen LogP contribution in [-0.4, -0.2) is 80.2 Å². The average Bonchev–Trinajstić information content (AvgIpc) is 3.14. The molecule has 0 saturated heterocycles. The van der Waals surface area contributed by atoms with Crippen molar-refractivity contribution in [1.82, 2.24) is 5.32 Å². The van der Waals surface area contributed by atoms with E-state index in [4.69, 9.17) is 15.2 Å². The van der Waals surface area contributed by atoms with Crippen molar-refractivity contribution in [3.8, 4) is 0 Å². The van der Waals surface area contributed by atoms with Gasteiger partial charge in [0, 0.05) is 24.7 Å². The van der Waals surface area contributed by atoms with Crippen LogP contribution in [0.2, 0.25) is 0 Å². The summed E-state index contributed by atoms with van der Waals surface area (Å²) >= 11 is 1.55. The molecule has 0 rings (SSSR count). The van der Waals surface area contributed by atoms with Crippen molar-refractivity contribution in [3.63, 3.8) is 0 Å². The highest BCUT2D eigenvalue weighted by atomic mass is 32.2. The summed E-state index contributed by atoms with van der Waals surface area (Å²) in [4.78, 5) is 24.2. The minimum atomic E-state index is -1.11. The Labute approximate surface area is 319 Å². The predicted molar refractivity (Wildman–Crippen MR) is 218 cm³/mol. The number of carbonyl (C=O) groups is 2. The molecule has 0 fully saturated rings. The number of esters is 1. The Balaban J connectivity index is 4.21. The molecule has 0 aliphatic rings. The van der Waals surface area contributed by atoms with Crippen LogP contribution in [0.3, 0.4) is 0 Å². The zero-order valence-electron chi connectivity index (χ0n) is 33.7. The Hall–Kier alpha value is -0.870. The van der Waals surface area contributed by atoms with Crippen LogP contribution in [0.5, 0.6) is 0 Å². The van der Waals surface area contributed by atoms with Crippen molar-refractivity contribution < 1.29 is 28.9 Å². The number of unbranched alkanes of at least 4 members (excludes halogenated alkanes) is 26. The summed E-state index contributed by atoms with van der Waals surface area (Å²) < 4.78 is 16.9. The van der Waals surface area contributed by atoms with Gasteiger partial charge in [0.2, 0.25) is 5.91 Å². The van der Waals surface area contributed by atoms with Crippen LogP contribution in [0.4, 0.5) is 0 Å². The molecule has 1 amide bonds. The van der Waals surface area contributed by atoms with Gasteiger partial charge in [0.1, 0.15) is 0 Å². The highest BCUT2D eigenvalue weighted by Crippen LogP contribution is 2.15. The molecule has 0 aromatic rings. The van der Waals surface area contributed by atoms with Gasteiger partial charge in [0.15, 0.2) is 6.04 Å². The fourth-order valence-corrected chi connectivity index (χ4v) is 7.30. The highest BCUT2D eigenvalue weighted by Gasteiger charge is 2.24. The Bertz CT molecular complexity index is 746. The van der Waals surface area contributed by atoms with Crippen LogP contribution in [-0.2, 0) is 23.8 Å². The lowest BCUT2D eigenvalue weighted by molar-refractivity contribution is -0.146. The summed E-state index contributed by atoms with van der Waals surface area (Å²) in [7, 11) is 1.22. The molecular weight excluding hydrogens is 661 g/mol. The number of aliphatic hydroxyl groups excluding tert-OH is 1. The van der Waals surface area contributed by atoms with E-state index >= 15 is 0 Å². The molecule has 0 aliphatic heterocycles. The first-order valence-corrected chi connectivity index (χ1v) is 22.7. The Morgan fingerprint density at radius 2 is 1.00 bits per heavy atom. The summed E-state index contributed by atoms with van der Waals surface area (Å²) in [5.74, 6) is -0.124. The number of methoxy groups -OCH3 is 1. The van der Waals surface area contributed by atoms with Crippen molar-refractivity contribution in [3.05, 3.63) is 0 Å². The van der Waals surface area contributed by atoms with E-state index in [2.05, 4.69) is 23.9 Å². The summed E-state index contributed by atoms with van der Waals surface area (Å²) in [6, 6.07) is -1.92. The summed E-state index contributed by atoms with van der Waals surface area (Å²) in [5.41, 5.74) is 6.09. The van der Waals surface area contributed by atoms with E-state index in [1.807, 2.05) is 0 Å². The second-order valence-electron chi connectivity index (χ2n) is 14.7. The third-order valence-corrected chi connectivity index (χ3v) is 10.9. The molecule has 0 radical (unpaired) electrons. The summed E-state index contributed by atoms with van der Waals surface area (Å²) in [6.45, 7) is 6.03. The summed E-state index contributed by atoms with van der Waals surface area (Å²) in [5, 5.41) is 11.8. The van der Waals surface area contributed by atoms with E-state index in [9.17, 15) is 14.7 Å². The standard InChI is InChI=1S/C42H84N2O6S/c1-4-6-8-10-12-14-16-18-20-22-24-26-28-30-32-49-35-38(36-51-37-39(43)41(46)44-40(34-45)42(47)48-3)50-33-31-29-27-25-23-21-19-17-15-13-11-9-7-5-2/h38-40,45H,4-37,43H2,1-3H3,(H,44,46)/t38-,39+,40+/m1/s1. The van der Waals surface area contributed by atoms with Gasteiger partial charge in [-0.2, -0.15) is 11.8 Å². The number of nitrogens with one attached hydrogen (secondary N) is 1. The largest absolute Gasteiger partial charge is 0.467 e. The second kappa shape index (κ2) is 40.3. The Morgan fingerprint density at radius 1 is 0.608 bits per heavy atom. The molecule has 0 heterocycles. The fraction of sp³-hybridized carbons (Fsp3) is 0.952. The smallest absolute Gasteiger partial charge is 0.330 e. The van der Waals surface area contributed by atoms with E-state index in [1.165, 1.54) is 174 Å². The number of thioether (sulfide) groups is 1. The van der Waals surface area contributed by atoms with E-state index in [0.717, 1.165) is 26.1 Å². The number of rotatable bonds is 41. The number of aliphatic hydroxyl groups is 1. The van der Waals surface area contributed by atoms with Crippen LogP contribution in [0.1, 0.15) is 194 Å². The minimum absolute atomic E-state index is 0.0564. The molecule has 304 valence electrons. The maximum absolute atomic E-state index is 12.5. The van der Waals surface area contributed by atoms with Crippen LogP contribution < -0.4 is 11.1 Å². The van der Waals surface area contributed by atoms with Gasteiger partial charge < -0.3 is 30.4 Å². The van der Waals surface area contributed by atoms with Crippen LogP contribution >= 0.6 is 11.8 Å². The molecule has 0 unspecified atom stereocenters. The average molecular weight is 745 g/mol. The van der Waals surface area contributed by atoms with Gasteiger partial charge in [-0.15, -0.1) is 0 Å². The monoisotopic (exact) mass is 745 g/mol. The van der Waals surface area contributed by atoms with Gasteiger partial charge in [0.25, 0.3) is 0 Å². The molecule has 3 atom stereocenters. The third kappa shape index (κ3) is 34.6. The molecule has 51 heavy (non-hydrogen) atoms. The lowest BCUT2D eigenvalue weighted by atomic mass is 10.0. The van der Waals surface area contributed by atoms with Gasteiger partial charge in [-0.1, -0.05) is 181 Å². The lowest BCUT2D eigenvalue weighted by Gasteiger charge is -2.20. The van der Waals surface area contributed by atoms with Gasteiger partial charge in [-0.3, -0.25) is 4.79 Å².